The molecule has 14 heavy (non-hydrogen) atoms. The molecule has 1 aliphatic rings. The van der Waals surface area contributed by atoms with Crippen LogP contribution >= 0.6 is 0 Å². The first kappa shape index (κ1) is 11.5. The van der Waals surface area contributed by atoms with Crippen molar-refractivity contribution in [2.75, 3.05) is 13.1 Å². The third kappa shape index (κ3) is 3.64. The number of amides is 1. The highest BCUT2D eigenvalue weighted by atomic mass is 16.7. The molecule has 0 aromatic rings. The lowest BCUT2D eigenvalue weighted by Gasteiger charge is -2.24. The van der Waals surface area contributed by atoms with E-state index in [0.717, 1.165) is 25.9 Å². The van der Waals surface area contributed by atoms with Crippen LogP contribution < -0.4 is 10.8 Å². The van der Waals surface area contributed by atoms with Crippen molar-refractivity contribution in [3.63, 3.8) is 0 Å². The molecular weight excluding hydrogens is 180 g/mol. The Hall–Kier alpha value is -0.610. The molecule has 1 saturated heterocycles. The molecule has 82 valence electrons. The standard InChI is InChI=1S/C10H20N2O2/c1-10(2,3)9(13)12-14-8-5-4-6-11-7-8/h8,11H,4-7H2,1-3H3,(H,12,13). The summed E-state index contributed by atoms with van der Waals surface area (Å²) >= 11 is 0. The van der Waals surface area contributed by atoms with Crippen LogP contribution in [0.1, 0.15) is 33.6 Å². The van der Waals surface area contributed by atoms with E-state index in [1.807, 2.05) is 20.8 Å². The smallest absolute Gasteiger partial charge is 0.248 e. The van der Waals surface area contributed by atoms with Gasteiger partial charge in [-0.25, -0.2) is 5.48 Å². The van der Waals surface area contributed by atoms with Gasteiger partial charge in [0, 0.05) is 12.0 Å². The van der Waals surface area contributed by atoms with Gasteiger partial charge in [-0.2, -0.15) is 0 Å². The summed E-state index contributed by atoms with van der Waals surface area (Å²) in [4.78, 5) is 16.8. The van der Waals surface area contributed by atoms with Crippen LogP contribution in [0.5, 0.6) is 0 Å². The monoisotopic (exact) mass is 200 g/mol. The second-order valence-electron chi connectivity index (χ2n) is 4.77. The number of hydrogen-bond donors (Lipinski definition) is 2. The molecule has 1 atom stereocenters. The van der Waals surface area contributed by atoms with E-state index in [1.54, 1.807) is 0 Å². The molecule has 0 saturated carbocycles. The minimum absolute atomic E-state index is 0.0666. The van der Waals surface area contributed by atoms with E-state index in [1.165, 1.54) is 0 Å². The molecule has 0 spiro atoms. The Morgan fingerprint density at radius 1 is 1.50 bits per heavy atom. The molecule has 4 nitrogen and oxygen atoms in total. The first-order valence-corrected chi connectivity index (χ1v) is 5.17. The van der Waals surface area contributed by atoms with E-state index in [2.05, 4.69) is 10.8 Å². The maximum atomic E-state index is 11.5. The van der Waals surface area contributed by atoms with Gasteiger partial charge in [0.25, 0.3) is 0 Å². The zero-order chi connectivity index (χ0) is 10.6. The molecule has 0 aromatic heterocycles. The fourth-order valence-corrected chi connectivity index (χ4v) is 1.21. The first-order chi connectivity index (χ1) is 6.50. The lowest BCUT2D eigenvalue weighted by Crippen LogP contribution is -2.43. The van der Waals surface area contributed by atoms with E-state index in [4.69, 9.17) is 4.84 Å². The van der Waals surface area contributed by atoms with E-state index in [0.29, 0.717) is 0 Å². The summed E-state index contributed by atoms with van der Waals surface area (Å²) in [7, 11) is 0. The van der Waals surface area contributed by atoms with Crippen molar-refractivity contribution in [3.05, 3.63) is 0 Å². The summed E-state index contributed by atoms with van der Waals surface area (Å²) < 4.78 is 0. The van der Waals surface area contributed by atoms with Crippen LogP contribution in [0.2, 0.25) is 0 Å². The van der Waals surface area contributed by atoms with Crippen molar-refractivity contribution in [3.8, 4) is 0 Å². The summed E-state index contributed by atoms with van der Waals surface area (Å²) in [5, 5.41) is 3.22. The molecule has 1 fully saturated rings. The molecular formula is C10H20N2O2. The van der Waals surface area contributed by atoms with Gasteiger partial charge >= 0.3 is 0 Å². The van der Waals surface area contributed by atoms with Crippen molar-refractivity contribution >= 4 is 5.91 Å². The minimum Gasteiger partial charge on any atom is -0.314 e. The Morgan fingerprint density at radius 2 is 2.21 bits per heavy atom. The summed E-state index contributed by atoms with van der Waals surface area (Å²) in [5.74, 6) is -0.0666. The van der Waals surface area contributed by atoms with E-state index >= 15 is 0 Å². The third-order valence-electron chi connectivity index (χ3n) is 2.25. The van der Waals surface area contributed by atoms with Gasteiger partial charge in [-0.05, 0) is 19.4 Å². The Balaban J connectivity index is 2.22. The Kier molecular flexibility index (Phi) is 3.89. The number of nitrogens with one attached hydrogen (secondary N) is 2. The van der Waals surface area contributed by atoms with Gasteiger partial charge in [0.15, 0.2) is 0 Å². The van der Waals surface area contributed by atoms with Crippen LogP contribution in [0.25, 0.3) is 0 Å². The maximum absolute atomic E-state index is 11.5. The highest BCUT2D eigenvalue weighted by Gasteiger charge is 2.23. The Morgan fingerprint density at radius 3 is 2.71 bits per heavy atom. The number of carbonyl (C=O) groups excluding carboxylic acids is 1. The van der Waals surface area contributed by atoms with Gasteiger partial charge in [0.2, 0.25) is 5.91 Å². The second kappa shape index (κ2) is 4.75. The normalized spacial score (nSPS) is 23.2. The topological polar surface area (TPSA) is 50.4 Å². The number of hydroxylamine groups is 1. The van der Waals surface area contributed by atoms with E-state index in [-0.39, 0.29) is 17.4 Å². The van der Waals surface area contributed by atoms with Crippen LogP contribution in [0.4, 0.5) is 0 Å². The zero-order valence-corrected chi connectivity index (χ0v) is 9.22. The highest BCUT2D eigenvalue weighted by molar-refractivity contribution is 5.80. The molecule has 0 aliphatic carbocycles. The average Bonchev–Trinajstić information content (AvgIpc) is 2.14. The molecule has 1 unspecified atom stereocenters. The van der Waals surface area contributed by atoms with Gasteiger partial charge in [-0.1, -0.05) is 20.8 Å². The number of carbonyl (C=O) groups is 1. The van der Waals surface area contributed by atoms with Gasteiger partial charge in [-0.15, -0.1) is 0 Å². The van der Waals surface area contributed by atoms with Crippen LogP contribution in [-0.4, -0.2) is 25.1 Å². The highest BCUT2D eigenvalue weighted by Crippen LogP contribution is 2.13. The van der Waals surface area contributed by atoms with Gasteiger partial charge in [-0.3, -0.25) is 9.63 Å². The predicted molar refractivity (Wildman–Crippen MR) is 54.6 cm³/mol. The predicted octanol–water partition coefficient (Wildman–Crippen LogP) is 0.832. The molecule has 0 aromatic carbocycles. The lowest BCUT2D eigenvalue weighted by atomic mass is 9.96. The molecule has 1 rings (SSSR count). The average molecular weight is 200 g/mol. The van der Waals surface area contributed by atoms with Crippen molar-refractivity contribution in [2.24, 2.45) is 5.41 Å². The van der Waals surface area contributed by atoms with Crippen LogP contribution in [0.15, 0.2) is 0 Å². The summed E-state index contributed by atoms with van der Waals surface area (Å²) in [6, 6.07) is 0. The lowest BCUT2D eigenvalue weighted by molar-refractivity contribution is -0.147. The summed E-state index contributed by atoms with van der Waals surface area (Å²) in [5.41, 5.74) is 2.13. The van der Waals surface area contributed by atoms with Crippen LogP contribution in [0.3, 0.4) is 0 Å². The number of rotatable bonds is 2. The summed E-state index contributed by atoms with van der Waals surface area (Å²) in [6.07, 6.45) is 2.24. The van der Waals surface area contributed by atoms with Crippen molar-refractivity contribution in [2.45, 2.75) is 39.7 Å². The fourth-order valence-electron chi connectivity index (χ4n) is 1.21. The molecule has 0 radical (unpaired) electrons. The largest absolute Gasteiger partial charge is 0.314 e. The molecule has 1 amide bonds. The Labute approximate surface area is 85.3 Å². The van der Waals surface area contributed by atoms with Crippen molar-refractivity contribution in [1.82, 2.24) is 10.8 Å². The Bertz CT molecular complexity index is 193. The number of piperidine rings is 1. The van der Waals surface area contributed by atoms with E-state index < -0.39 is 0 Å². The SMILES string of the molecule is CC(C)(C)C(=O)NOC1CCCNC1. The minimum atomic E-state index is -0.387. The van der Waals surface area contributed by atoms with Gasteiger partial charge in [0.05, 0.1) is 6.10 Å². The quantitative estimate of drug-likeness (QED) is 0.649. The first-order valence-electron chi connectivity index (χ1n) is 5.17. The van der Waals surface area contributed by atoms with Crippen molar-refractivity contribution < 1.29 is 9.63 Å². The van der Waals surface area contributed by atoms with Crippen LogP contribution in [-0.2, 0) is 9.63 Å². The third-order valence-corrected chi connectivity index (χ3v) is 2.25. The maximum Gasteiger partial charge on any atom is 0.248 e. The second-order valence-corrected chi connectivity index (χ2v) is 4.77. The zero-order valence-electron chi connectivity index (χ0n) is 9.22. The number of hydrogen-bond acceptors (Lipinski definition) is 3. The summed E-state index contributed by atoms with van der Waals surface area (Å²) in [6.45, 7) is 7.47. The molecule has 2 N–H and O–H groups in total. The van der Waals surface area contributed by atoms with Gasteiger partial charge in [0.1, 0.15) is 0 Å². The van der Waals surface area contributed by atoms with Crippen LogP contribution in [0, 0.1) is 5.41 Å². The van der Waals surface area contributed by atoms with E-state index in [9.17, 15) is 4.79 Å². The van der Waals surface area contributed by atoms with Crippen molar-refractivity contribution in [1.29, 1.82) is 0 Å². The molecule has 4 heteroatoms. The van der Waals surface area contributed by atoms with Gasteiger partial charge < -0.3 is 5.32 Å². The molecule has 1 aliphatic heterocycles. The molecule has 1 heterocycles. The molecule has 0 bridgehead atoms. The fraction of sp³-hybridized carbons (Fsp3) is 0.900.